The van der Waals surface area contributed by atoms with E-state index < -0.39 is 28.1 Å². The number of fused-ring (bicyclic) bond motifs is 5. The van der Waals surface area contributed by atoms with Crippen LogP contribution in [0.2, 0.25) is 0 Å². The van der Waals surface area contributed by atoms with Crippen molar-refractivity contribution < 1.29 is 62.6 Å². The van der Waals surface area contributed by atoms with Crippen LogP contribution in [0.25, 0.3) is 0 Å². The molecule has 4 aliphatic rings. The van der Waals surface area contributed by atoms with E-state index in [1.54, 1.807) is 0 Å². The molecule has 4 saturated carbocycles. The van der Waals surface area contributed by atoms with Crippen molar-refractivity contribution in [1.29, 1.82) is 0 Å². The van der Waals surface area contributed by atoms with Crippen molar-refractivity contribution in [1.82, 2.24) is 5.32 Å². The smallest absolute Gasteiger partial charge is 0.748 e. The first-order valence-electron chi connectivity index (χ1n) is 13.5. The molecule has 4 N–H and O–H groups in total. The normalized spacial score (nSPS) is 45.0. The molecule has 0 aliphatic heterocycles. The van der Waals surface area contributed by atoms with E-state index in [4.69, 9.17) is 0 Å². The van der Waals surface area contributed by atoms with Crippen LogP contribution in [0.4, 0.5) is 0 Å². The number of aliphatic hydroxyl groups is 3. The maximum absolute atomic E-state index is 12.2. The number of carbonyl (C=O) groups is 1. The molecule has 4 fully saturated rings. The third-order valence-corrected chi connectivity index (χ3v) is 11.7. The summed E-state index contributed by atoms with van der Waals surface area (Å²) in [5.74, 6) is 0.598. The predicted molar refractivity (Wildman–Crippen MR) is 130 cm³/mol. The molecule has 10 heteroatoms. The van der Waals surface area contributed by atoms with E-state index in [9.17, 15) is 33.1 Å². The molecule has 0 bridgehead atoms. The molecule has 1 amide bonds. The molecular formula is C26H44NNaO7S. The Morgan fingerprint density at radius 2 is 1.64 bits per heavy atom. The average molecular weight is 538 g/mol. The molecule has 11 atom stereocenters. The Balaban J connectivity index is 0.00000361. The first-order valence-corrected chi connectivity index (χ1v) is 15.1. The van der Waals surface area contributed by atoms with Crippen molar-refractivity contribution in [3.05, 3.63) is 0 Å². The number of aliphatic hydroxyl groups excluding tert-OH is 3. The fourth-order valence-corrected chi connectivity index (χ4v) is 9.53. The van der Waals surface area contributed by atoms with Crippen LogP contribution in [0.15, 0.2) is 0 Å². The SMILES string of the molecule is C[C@H](CCC(=O)NCCS(=O)(=O)[O-])[C@H]1CC[C@H]2C3[C@@H](O)[C@@H](O)[C@@H]4C[C@H](O)CC[C@]4(C)[C@H]3CC[C@]12C.[Na+]. The Morgan fingerprint density at radius 1 is 1.00 bits per heavy atom. The summed E-state index contributed by atoms with van der Waals surface area (Å²) in [6, 6.07) is 0. The Hall–Kier alpha value is 0.260. The number of nitrogens with one attached hydrogen (secondary N) is 1. The standard InChI is InChI=1S/C26H45NO7S.Na/c1-15(4-7-21(29)27-12-13-35(32,33)34)17-5-6-18-22-19(9-11-25(17,18)2)26(3)10-8-16(28)14-20(26)23(30)24(22)31;/h15-20,22-24,28,30-31H,4-14H2,1-3H3,(H,27,29)(H,32,33,34);/q;+1/p-1/t15-,16-,17-,18+,19+,20+,22?,23+,24-,25-,26-;/m1./s1. The molecule has 36 heavy (non-hydrogen) atoms. The largest absolute Gasteiger partial charge is 1.00 e. The van der Waals surface area contributed by atoms with Crippen LogP contribution in [0.5, 0.6) is 0 Å². The number of rotatable bonds is 7. The monoisotopic (exact) mass is 537 g/mol. The molecule has 0 aromatic heterocycles. The van der Waals surface area contributed by atoms with Gasteiger partial charge < -0.3 is 25.2 Å². The van der Waals surface area contributed by atoms with Crippen LogP contribution in [-0.2, 0) is 14.9 Å². The van der Waals surface area contributed by atoms with Crippen LogP contribution < -0.4 is 34.9 Å². The number of hydrogen-bond donors (Lipinski definition) is 4. The van der Waals surface area contributed by atoms with Crippen LogP contribution in [-0.4, -0.2) is 64.8 Å². The van der Waals surface area contributed by atoms with E-state index >= 15 is 0 Å². The van der Waals surface area contributed by atoms with Crippen molar-refractivity contribution in [3.8, 4) is 0 Å². The van der Waals surface area contributed by atoms with Crippen LogP contribution in [0.3, 0.4) is 0 Å². The van der Waals surface area contributed by atoms with Gasteiger partial charge in [-0.25, -0.2) is 8.42 Å². The summed E-state index contributed by atoms with van der Waals surface area (Å²) in [6.45, 7) is 6.66. The molecule has 202 valence electrons. The maximum Gasteiger partial charge on any atom is 1.00 e. The summed E-state index contributed by atoms with van der Waals surface area (Å²) in [7, 11) is -4.33. The fourth-order valence-electron chi connectivity index (χ4n) is 9.18. The van der Waals surface area contributed by atoms with Crippen molar-refractivity contribution in [2.75, 3.05) is 12.3 Å². The van der Waals surface area contributed by atoms with Gasteiger partial charge in [-0.05, 0) is 97.7 Å². The van der Waals surface area contributed by atoms with E-state index in [-0.39, 0.29) is 70.8 Å². The second-order valence-electron chi connectivity index (χ2n) is 12.7. The van der Waals surface area contributed by atoms with Crippen molar-refractivity contribution >= 4 is 16.0 Å². The summed E-state index contributed by atoms with van der Waals surface area (Å²) in [6.07, 6.45) is 5.46. The van der Waals surface area contributed by atoms with Crippen molar-refractivity contribution in [2.24, 2.45) is 46.3 Å². The van der Waals surface area contributed by atoms with Gasteiger partial charge in [-0.2, -0.15) is 0 Å². The minimum absolute atomic E-state index is 0. The van der Waals surface area contributed by atoms with Gasteiger partial charge in [-0.1, -0.05) is 20.8 Å². The van der Waals surface area contributed by atoms with Gasteiger partial charge in [0.15, 0.2) is 0 Å². The fraction of sp³-hybridized carbons (Fsp3) is 0.962. The number of hydrogen-bond acceptors (Lipinski definition) is 7. The van der Waals surface area contributed by atoms with Gasteiger partial charge in [0.25, 0.3) is 0 Å². The predicted octanol–water partition coefficient (Wildman–Crippen LogP) is -0.970. The minimum Gasteiger partial charge on any atom is -0.748 e. The van der Waals surface area contributed by atoms with Crippen LogP contribution in [0, 0.1) is 46.3 Å². The molecule has 0 saturated heterocycles. The Morgan fingerprint density at radius 3 is 2.31 bits per heavy atom. The zero-order valence-electron chi connectivity index (χ0n) is 22.4. The molecular weight excluding hydrogens is 493 g/mol. The quantitative estimate of drug-likeness (QED) is 0.241. The van der Waals surface area contributed by atoms with Crippen LogP contribution in [0.1, 0.15) is 78.6 Å². The molecule has 0 aromatic carbocycles. The second kappa shape index (κ2) is 11.4. The van der Waals surface area contributed by atoms with Gasteiger partial charge in [0.2, 0.25) is 5.91 Å². The number of amides is 1. The van der Waals surface area contributed by atoms with E-state index in [1.807, 2.05) is 0 Å². The molecule has 4 aliphatic carbocycles. The third kappa shape index (κ3) is 5.74. The van der Waals surface area contributed by atoms with Gasteiger partial charge in [-0.3, -0.25) is 4.79 Å². The molecule has 4 rings (SSSR count). The summed E-state index contributed by atoms with van der Waals surface area (Å²) >= 11 is 0. The maximum atomic E-state index is 12.2. The molecule has 0 aromatic rings. The molecule has 0 heterocycles. The number of carbonyl (C=O) groups excluding carboxylic acids is 1. The van der Waals surface area contributed by atoms with Gasteiger partial charge in [-0.15, -0.1) is 0 Å². The van der Waals surface area contributed by atoms with Crippen molar-refractivity contribution in [3.63, 3.8) is 0 Å². The van der Waals surface area contributed by atoms with Crippen LogP contribution >= 0.6 is 0 Å². The zero-order chi connectivity index (χ0) is 25.8. The van der Waals surface area contributed by atoms with Gasteiger partial charge in [0, 0.05) is 13.0 Å². The second-order valence-corrected chi connectivity index (χ2v) is 14.2. The molecule has 0 spiro atoms. The average Bonchev–Trinajstić information content (AvgIpc) is 3.13. The zero-order valence-corrected chi connectivity index (χ0v) is 25.2. The van der Waals surface area contributed by atoms with Crippen molar-refractivity contribution in [2.45, 2.75) is 96.9 Å². The van der Waals surface area contributed by atoms with E-state index in [0.717, 1.165) is 38.5 Å². The molecule has 0 radical (unpaired) electrons. The summed E-state index contributed by atoms with van der Waals surface area (Å²) < 4.78 is 32.2. The topological polar surface area (TPSA) is 147 Å². The summed E-state index contributed by atoms with van der Waals surface area (Å²) in [4.78, 5) is 12.2. The first-order chi connectivity index (χ1) is 16.3. The minimum atomic E-state index is -4.33. The molecule has 8 nitrogen and oxygen atoms in total. The van der Waals surface area contributed by atoms with Gasteiger partial charge in [0.1, 0.15) is 0 Å². The van der Waals surface area contributed by atoms with E-state index in [2.05, 4.69) is 26.1 Å². The van der Waals surface area contributed by atoms with Gasteiger partial charge >= 0.3 is 29.6 Å². The Kier molecular flexibility index (Phi) is 9.75. The van der Waals surface area contributed by atoms with E-state index in [0.29, 0.717) is 42.9 Å². The van der Waals surface area contributed by atoms with Gasteiger partial charge in [0.05, 0.1) is 34.2 Å². The third-order valence-electron chi connectivity index (χ3n) is 11.0. The first kappa shape index (κ1) is 30.8. The Bertz CT molecular complexity index is 903. The molecule has 1 unspecified atom stereocenters. The summed E-state index contributed by atoms with van der Waals surface area (Å²) in [5, 5.41) is 35.3. The Labute approximate surface area is 238 Å². The van der Waals surface area contributed by atoms with E-state index in [1.165, 1.54) is 0 Å². The summed E-state index contributed by atoms with van der Waals surface area (Å²) in [5.41, 5.74) is -0.00495.